The van der Waals surface area contributed by atoms with E-state index in [4.69, 9.17) is 15.3 Å². The van der Waals surface area contributed by atoms with Crippen molar-refractivity contribution in [1.82, 2.24) is 0 Å². The van der Waals surface area contributed by atoms with Gasteiger partial charge in [0, 0.05) is 12.1 Å². The van der Waals surface area contributed by atoms with Crippen LogP contribution in [0.1, 0.15) is 18.1 Å². The van der Waals surface area contributed by atoms with Crippen LogP contribution in [0, 0.1) is 0 Å². The van der Waals surface area contributed by atoms with Gasteiger partial charge in [0.05, 0.1) is 0 Å². The van der Waals surface area contributed by atoms with Gasteiger partial charge < -0.3 is 15.3 Å². The molecule has 0 fully saturated rings. The van der Waals surface area contributed by atoms with E-state index in [1.165, 1.54) is 7.11 Å². The van der Waals surface area contributed by atoms with Crippen LogP contribution in [0.25, 0.3) is 0 Å². The maximum absolute atomic E-state index is 6.02. The summed E-state index contributed by atoms with van der Waals surface area (Å²) < 4.78 is 5.82. The maximum atomic E-state index is 6.02. The fourth-order valence-electron chi connectivity index (χ4n) is 2.13. The second kappa shape index (κ2) is 8.58. The zero-order valence-electron chi connectivity index (χ0n) is 13.4. The molecular weight excluding hydrogens is 290 g/mol. The molecule has 2 aromatic carbocycles. The van der Waals surface area contributed by atoms with E-state index in [2.05, 4.69) is 10.1 Å². The first kappa shape index (κ1) is 16.5. The first-order chi connectivity index (χ1) is 11.3. The number of hydrogen-bond acceptors (Lipinski definition) is 4. The minimum atomic E-state index is 0.349. The minimum Gasteiger partial charge on any atom is -0.489 e. The lowest BCUT2D eigenvalue weighted by atomic mass is 10.0. The van der Waals surface area contributed by atoms with Crippen LogP contribution in [-0.4, -0.2) is 25.2 Å². The highest BCUT2D eigenvalue weighted by Gasteiger charge is 2.14. The summed E-state index contributed by atoms with van der Waals surface area (Å²) in [5.41, 5.74) is 8.34. The Morgan fingerprint density at radius 1 is 1.04 bits per heavy atom. The molecule has 120 valence electrons. The van der Waals surface area contributed by atoms with Crippen LogP contribution < -0.4 is 10.5 Å². The van der Waals surface area contributed by atoms with E-state index < -0.39 is 0 Å². The molecule has 0 radical (unpaired) electrons. The van der Waals surface area contributed by atoms with Gasteiger partial charge in [-0.05, 0) is 24.6 Å². The fourth-order valence-corrected chi connectivity index (χ4v) is 2.13. The molecule has 0 atom stereocenters. The van der Waals surface area contributed by atoms with Gasteiger partial charge in [0.1, 0.15) is 25.3 Å². The molecule has 0 heterocycles. The lowest BCUT2D eigenvalue weighted by Gasteiger charge is -2.12. The quantitative estimate of drug-likeness (QED) is 0.485. The summed E-state index contributed by atoms with van der Waals surface area (Å²) in [5.74, 6) is 1.16. The molecular formula is C18H21N3O2. The van der Waals surface area contributed by atoms with Crippen LogP contribution >= 0.6 is 0 Å². The van der Waals surface area contributed by atoms with Gasteiger partial charge in [0.15, 0.2) is 5.71 Å². The summed E-state index contributed by atoms with van der Waals surface area (Å²) in [4.78, 5) is 9.15. The predicted molar refractivity (Wildman–Crippen MR) is 92.9 cm³/mol. The summed E-state index contributed by atoms with van der Waals surface area (Å²) in [5, 5.41) is 4.03. The first-order valence-corrected chi connectivity index (χ1v) is 7.43. The van der Waals surface area contributed by atoms with Crippen LogP contribution in [-0.2, 0) is 11.4 Å². The Bertz CT molecular complexity index is 682. The van der Waals surface area contributed by atoms with Crippen molar-refractivity contribution in [3.8, 4) is 5.75 Å². The Morgan fingerprint density at radius 2 is 1.74 bits per heavy atom. The molecule has 0 aliphatic carbocycles. The van der Waals surface area contributed by atoms with E-state index >= 15 is 0 Å². The van der Waals surface area contributed by atoms with Gasteiger partial charge in [-0.1, -0.05) is 47.6 Å². The molecule has 0 bridgehead atoms. The maximum Gasteiger partial charge on any atom is 0.152 e. The van der Waals surface area contributed by atoms with Crippen molar-refractivity contribution in [3.05, 3.63) is 65.7 Å². The monoisotopic (exact) mass is 311 g/mol. The number of para-hydroxylation sites is 1. The molecule has 5 nitrogen and oxygen atoms in total. The van der Waals surface area contributed by atoms with Crippen molar-refractivity contribution in [2.24, 2.45) is 15.9 Å². The highest BCUT2D eigenvalue weighted by Crippen LogP contribution is 2.16. The second-order valence-corrected chi connectivity index (χ2v) is 4.74. The summed E-state index contributed by atoms with van der Waals surface area (Å²) in [7, 11) is 1.49. The summed E-state index contributed by atoms with van der Waals surface area (Å²) in [6.07, 6.45) is 0. The molecule has 0 aromatic heterocycles. The third kappa shape index (κ3) is 4.57. The lowest BCUT2D eigenvalue weighted by molar-refractivity contribution is 0.214. The number of oxime groups is 1. The molecule has 0 unspecified atom stereocenters. The Kier molecular flexibility index (Phi) is 6.17. The van der Waals surface area contributed by atoms with E-state index in [0.29, 0.717) is 24.7 Å². The molecule has 0 saturated heterocycles. The number of amidine groups is 1. The lowest BCUT2D eigenvalue weighted by Crippen LogP contribution is -2.26. The van der Waals surface area contributed by atoms with Gasteiger partial charge in [-0.15, -0.1) is 0 Å². The summed E-state index contributed by atoms with van der Waals surface area (Å²) >= 11 is 0. The van der Waals surface area contributed by atoms with Crippen molar-refractivity contribution < 1.29 is 9.57 Å². The van der Waals surface area contributed by atoms with Gasteiger partial charge in [-0.25, -0.2) is 0 Å². The molecule has 0 spiro atoms. The van der Waals surface area contributed by atoms with E-state index in [-0.39, 0.29) is 0 Å². The number of nitrogens with zero attached hydrogens (tertiary/aromatic N) is 2. The van der Waals surface area contributed by atoms with E-state index in [1.807, 2.05) is 61.5 Å². The van der Waals surface area contributed by atoms with Gasteiger partial charge >= 0.3 is 0 Å². The van der Waals surface area contributed by atoms with Crippen LogP contribution in [0.3, 0.4) is 0 Å². The number of nitrogens with two attached hydrogens (primary N) is 1. The Morgan fingerprint density at radius 3 is 2.43 bits per heavy atom. The van der Waals surface area contributed by atoms with Gasteiger partial charge in [-0.3, -0.25) is 4.99 Å². The van der Waals surface area contributed by atoms with Crippen molar-refractivity contribution in [2.75, 3.05) is 13.7 Å². The Balaban J connectivity index is 2.28. The SMILES string of the molecule is CCN=C(N)C(=NOC)c1ccccc1COc1ccccc1. The summed E-state index contributed by atoms with van der Waals surface area (Å²) in [6.45, 7) is 2.90. The van der Waals surface area contributed by atoms with Crippen LogP contribution in [0.5, 0.6) is 5.75 Å². The second-order valence-electron chi connectivity index (χ2n) is 4.74. The van der Waals surface area contributed by atoms with E-state index in [9.17, 15) is 0 Å². The highest BCUT2D eigenvalue weighted by atomic mass is 16.6. The van der Waals surface area contributed by atoms with Crippen molar-refractivity contribution >= 4 is 11.5 Å². The molecule has 0 amide bonds. The largest absolute Gasteiger partial charge is 0.489 e. The van der Waals surface area contributed by atoms with Crippen molar-refractivity contribution in [2.45, 2.75) is 13.5 Å². The number of hydrogen-bond donors (Lipinski definition) is 1. The number of rotatable bonds is 7. The number of benzene rings is 2. The highest BCUT2D eigenvalue weighted by molar-refractivity contribution is 6.47. The van der Waals surface area contributed by atoms with Crippen molar-refractivity contribution in [1.29, 1.82) is 0 Å². The molecule has 2 N–H and O–H groups in total. The van der Waals surface area contributed by atoms with Gasteiger partial charge in [-0.2, -0.15) is 0 Å². The summed E-state index contributed by atoms with van der Waals surface area (Å²) in [6, 6.07) is 17.4. The van der Waals surface area contributed by atoms with Gasteiger partial charge in [0.2, 0.25) is 0 Å². The third-order valence-corrected chi connectivity index (χ3v) is 3.16. The smallest absolute Gasteiger partial charge is 0.152 e. The molecule has 23 heavy (non-hydrogen) atoms. The predicted octanol–water partition coefficient (Wildman–Crippen LogP) is 2.99. The van der Waals surface area contributed by atoms with Gasteiger partial charge in [0.25, 0.3) is 0 Å². The molecule has 2 rings (SSSR count). The Labute approximate surface area is 136 Å². The molecule has 5 heteroatoms. The molecule has 0 saturated carbocycles. The number of ether oxygens (including phenoxy) is 1. The van der Waals surface area contributed by atoms with E-state index in [0.717, 1.165) is 16.9 Å². The topological polar surface area (TPSA) is 69.2 Å². The average Bonchev–Trinajstić information content (AvgIpc) is 2.59. The normalized spacial score (nSPS) is 12.1. The minimum absolute atomic E-state index is 0.349. The average molecular weight is 311 g/mol. The Hall–Kier alpha value is -2.82. The zero-order valence-corrected chi connectivity index (χ0v) is 13.4. The molecule has 2 aromatic rings. The fraction of sp³-hybridized carbons (Fsp3) is 0.222. The number of aliphatic imine (C=N–C) groups is 1. The first-order valence-electron chi connectivity index (χ1n) is 7.43. The standard InChI is InChI=1S/C18H21N3O2/c1-3-20-18(19)17(21-22-2)16-12-8-7-9-14(16)13-23-15-10-5-4-6-11-15/h4-12H,3,13H2,1-2H3,(H2,19,20). The van der Waals surface area contributed by atoms with Crippen molar-refractivity contribution in [3.63, 3.8) is 0 Å². The molecule has 0 aliphatic rings. The van der Waals surface area contributed by atoms with E-state index in [1.54, 1.807) is 0 Å². The molecule has 0 aliphatic heterocycles. The van der Waals surface area contributed by atoms with Crippen LogP contribution in [0.4, 0.5) is 0 Å². The van der Waals surface area contributed by atoms with Crippen LogP contribution in [0.15, 0.2) is 64.7 Å². The van der Waals surface area contributed by atoms with Crippen LogP contribution in [0.2, 0.25) is 0 Å². The third-order valence-electron chi connectivity index (χ3n) is 3.16. The zero-order chi connectivity index (χ0) is 16.5.